The van der Waals surface area contributed by atoms with Crippen LogP contribution in [-0.2, 0) is 6.54 Å². The second-order valence-corrected chi connectivity index (χ2v) is 5.39. The topological polar surface area (TPSA) is 58.1 Å². The molecule has 0 spiro atoms. The summed E-state index contributed by atoms with van der Waals surface area (Å²) in [7, 11) is 0. The number of para-hydroxylation sites is 1. The number of rotatable bonds is 4. The Morgan fingerprint density at radius 1 is 1.13 bits per heavy atom. The van der Waals surface area contributed by atoms with Crippen LogP contribution in [0.2, 0.25) is 0 Å². The Bertz CT molecular complexity index is 923. The molecule has 0 fully saturated rings. The molecule has 0 amide bonds. The average Bonchev–Trinajstić information content (AvgIpc) is 2.85. The van der Waals surface area contributed by atoms with E-state index in [-0.39, 0.29) is 40.7 Å². The quantitative estimate of drug-likeness (QED) is 0.593. The Hall–Kier alpha value is -1.56. The van der Waals surface area contributed by atoms with Crippen LogP contribution < -0.4 is 45.8 Å². The van der Waals surface area contributed by atoms with Crippen LogP contribution in [0.4, 0.5) is 0 Å². The Morgan fingerprint density at radius 3 is 2.48 bits per heavy atom. The Morgan fingerprint density at radius 2 is 1.83 bits per heavy atom. The van der Waals surface area contributed by atoms with Gasteiger partial charge in [-0.1, -0.05) is 31.5 Å². The molecular formula is C17H18N3NaO2. The summed E-state index contributed by atoms with van der Waals surface area (Å²) in [5.41, 5.74) is 1.59. The maximum absolute atomic E-state index is 12.7. The number of pyridine rings is 1. The first kappa shape index (κ1) is 17.8. The molecule has 0 aliphatic carbocycles. The van der Waals surface area contributed by atoms with E-state index in [2.05, 4.69) is 12.0 Å². The first-order chi connectivity index (χ1) is 10.6. The Kier molecular flexibility index (Phi) is 5.68. The minimum Gasteiger partial charge on any atom is -0.587 e. The van der Waals surface area contributed by atoms with Crippen LogP contribution in [0.25, 0.3) is 16.6 Å². The van der Waals surface area contributed by atoms with Crippen molar-refractivity contribution in [3.05, 3.63) is 62.8 Å². The molecule has 23 heavy (non-hydrogen) atoms. The minimum absolute atomic E-state index is 0. The number of aryl methyl sites for hydroxylation is 1. The van der Waals surface area contributed by atoms with Crippen molar-refractivity contribution in [1.29, 1.82) is 0 Å². The number of hydrogen-bond donors (Lipinski definition) is 0. The summed E-state index contributed by atoms with van der Waals surface area (Å²) in [6, 6.07) is 10.7. The molecule has 5 nitrogen and oxygen atoms in total. The summed E-state index contributed by atoms with van der Waals surface area (Å²) in [4.78, 5) is 24.9. The molecule has 0 bridgehead atoms. The third-order valence-corrected chi connectivity index (χ3v) is 3.90. The van der Waals surface area contributed by atoms with Crippen molar-refractivity contribution in [3.63, 3.8) is 0 Å². The van der Waals surface area contributed by atoms with Crippen LogP contribution in [0.15, 0.2) is 46.0 Å². The van der Waals surface area contributed by atoms with Crippen LogP contribution >= 0.6 is 0 Å². The normalized spacial score (nSPS) is 10.7. The SMILES string of the molecule is CCCCn1c(C)c2c(=O)n(-c3ccccc3)[n-]c2cc1=O.[Na+]. The van der Waals surface area contributed by atoms with Crippen molar-refractivity contribution in [2.45, 2.75) is 33.2 Å². The zero-order valence-corrected chi connectivity index (χ0v) is 15.7. The van der Waals surface area contributed by atoms with E-state index in [1.807, 2.05) is 37.3 Å². The van der Waals surface area contributed by atoms with Crippen molar-refractivity contribution >= 4 is 10.9 Å². The largest absolute Gasteiger partial charge is 1.00 e. The van der Waals surface area contributed by atoms with Crippen molar-refractivity contribution < 1.29 is 29.6 Å². The second-order valence-electron chi connectivity index (χ2n) is 5.39. The molecule has 0 aliphatic heterocycles. The van der Waals surface area contributed by atoms with Gasteiger partial charge in [-0.3, -0.25) is 9.59 Å². The number of benzene rings is 1. The van der Waals surface area contributed by atoms with Gasteiger partial charge in [-0.2, -0.15) is 0 Å². The van der Waals surface area contributed by atoms with Gasteiger partial charge in [0.2, 0.25) is 11.1 Å². The van der Waals surface area contributed by atoms with Gasteiger partial charge in [0, 0.05) is 23.3 Å². The van der Waals surface area contributed by atoms with E-state index in [1.54, 1.807) is 4.57 Å². The molecule has 3 rings (SSSR count). The van der Waals surface area contributed by atoms with Gasteiger partial charge < -0.3 is 14.3 Å². The molecule has 0 aliphatic rings. The van der Waals surface area contributed by atoms with E-state index >= 15 is 0 Å². The van der Waals surface area contributed by atoms with Crippen LogP contribution in [0.5, 0.6) is 0 Å². The fourth-order valence-corrected chi connectivity index (χ4v) is 2.69. The van der Waals surface area contributed by atoms with Gasteiger partial charge in [0.1, 0.15) is 0 Å². The molecule has 1 aromatic carbocycles. The van der Waals surface area contributed by atoms with Crippen molar-refractivity contribution in [2.75, 3.05) is 0 Å². The van der Waals surface area contributed by atoms with Crippen LogP contribution in [-0.4, -0.2) is 9.25 Å². The first-order valence-corrected chi connectivity index (χ1v) is 7.49. The number of aromatic nitrogens is 3. The third-order valence-electron chi connectivity index (χ3n) is 3.90. The van der Waals surface area contributed by atoms with Crippen molar-refractivity contribution in [2.24, 2.45) is 0 Å². The maximum Gasteiger partial charge on any atom is 1.00 e. The van der Waals surface area contributed by atoms with Crippen LogP contribution in [0.3, 0.4) is 0 Å². The molecule has 0 atom stereocenters. The smallest absolute Gasteiger partial charge is 0.587 e. The van der Waals surface area contributed by atoms with Gasteiger partial charge in [-0.15, -0.1) is 5.52 Å². The van der Waals surface area contributed by atoms with Crippen LogP contribution in [0.1, 0.15) is 25.5 Å². The van der Waals surface area contributed by atoms with Crippen LogP contribution in [0, 0.1) is 6.92 Å². The molecule has 0 saturated carbocycles. The van der Waals surface area contributed by atoms with Gasteiger partial charge in [-0.05, 0) is 31.5 Å². The molecule has 2 heterocycles. The van der Waals surface area contributed by atoms with Gasteiger partial charge >= 0.3 is 29.6 Å². The zero-order chi connectivity index (χ0) is 15.7. The summed E-state index contributed by atoms with van der Waals surface area (Å²) >= 11 is 0. The minimum atomic E-state index is -0.177. The van der Waals surface area contributed by atoms with Gasteiger partial charge in [0.05, 0.1) is 0 Å². The predicted molar refractivity (Wildman–Crippen MR) is 86.8 cm³/mol. The van der Waals surface area contributed by atoms with E-state index < -0.39 is 0 Å². The van der Waals surface area contributed by atoms with E-state index in [0.717, 1.165) is 12.8 Å². The van der Waals surface area contributed by atoms with Gasteiger partial charge in [0.15, 0.2) is 0 Å². The fraction of sp³-hybridized carbons (Fsp3) is 0.294. The van der Waals surface area contributed by atoms with E-state index in [4.69, 9.17) is 0 Å². The number of hydrogen-bond acceptors (Lipinski definition) is 2. The van der Waals surface area contributed by atoms with Crippen molar-refractivity contribution in [1.82, 2.24) is 14.3 Å². The molecule has 0 N–H and O–H groups in total. The monoisotopic (exact) mass is 319 g/mol. The van der Waals surface area contributed by atoms with Gasteiger partial charge in [-0.25, -0.2) is 0 Å². The molecule has 0 radical (unpaired) electrons. The molecule has 0 saturated heterocycles. The summed E-state index contributed by atoms with van der Waals surface area (Å²) in [5.74, 6) is 0. The number of fused-ring (bicyclic) bond motifs is 1. The average molecular weight is 319 g/mol. The van der Waals surface area contributed by atoms with Crippen molar-refractivity contribution in [3.8, 4) is 5.69 Å². The fourth-order valence-electron chi connectivity index (χ4n) is 2.69. The summed E-state index contributed by atoms with van der Waals surface area (Å²) < 4.78 is 3.03. The maximum atomic E-state index is 12.7. The molecule has 114 valence electrons. The first-order valence-electron chi connectivity index (χ1n) is 7.49. The molecular weight excluding hydrogens is 301 g/mol. The summed E-state index contributed by atoms with van der Waals surface area (Å²) in [6.45, 7) is 4.52. The van der Waals surface area contributed by atoms with E-state index in [9.17, 15) is 9.59 Å². The summed E-state index contributed by atoms with van der Waals surface area (Å²) in [6.07, 6.45) is 1.91. The second kappa shape index (κ2) is 7.34. The third kappa shape index (κ3) is 3.22. The summed E-state index contributed by atoms with van der Waals surface area (Å²) in [5, 5.41) is 4.84. The molecule has 6 heteroatoms. The predicted octanol–water partition coefficient (Wildman–Crippen LogP) is -0.778. The number of unbranched alkanes of at least 4 members (excludes halogenated alkanes) is 1. The Labute approximate surface area is 156 Å². The standard InChI is InChI=1S/C17H19N3O2.Na/c1-3-4-10-19-12(2)16-14(11-15(19)21)18-20(17(16)22)13-8-6-5-7-9-13;/h5-9,11H,3-4,10H2,1-2H3,(H,18,21);/q;+1/p-1. The van der Waals surface area contributed by atoms with E-state index in [1.165, 1.54) is 10.7 Å². The molecule has 3 aromatic rings. The molecule has 2 aromatic heterocycles. The molecule has 0 unspecified atom stereocenters. The van der Waals surface area contributed by atoms with Gasteiger partial charge in [0.25, 0.3) is 0 Å². The Balaban J connectivity index is 0.00000192. The zero-order valence-electron chi connectivity index (χ0n) is 13.7. The number of nitrogens with zero attached hydrogens (tertiary/aromatic N) is 3. The van der Waals surface area contributed by atoms with E-state index in [0.29, 0.717) is 28.8 Å².